The molecule has 2 atom stereocenters. The topological polar surface area (TPSA) is 125 Å². The van der Waals surface area contributed by atoms with Crippen molar-refractivity contribution in [1.29, 1.82) is 0 Å². The van der Waals surface area contributed by atoms with Crippen molar-refractivity contribution in [3.05, 3.63) is 12.7 Å². The highest BCUT2D eigenvalue weighted by Gasteiger charge is 2.35. The Hall–Kier alpha value is -2.13. The number of carbonyl (C=O) groups is 3. The number of allylic oxidation sites excluding steroid dienone is 1. The molecule has 1 aliphatic carbocycles. The molecule has 0 saturated heterocycles. The molecule has 0 aromatic heterocycles. The van der Waals surface area contributed by atoms with Gasteiger partial charge in [0.05, 0.1) is 12.6 Å². The second kappa shape index (κ2) is 11.9. The van der Waals surface area contributed by atoms with E-state index in [2.05, 4.69) is 16.8 Å². The van der Waals surface area contributed by atoms with E-state index in [1.807, 2.05) is 6.08 Å². The lowest BCUT2D eigenvalue weighted by molar-refractivity contribution is -0.138. The minimum Gasteiger partial charge on any atom is -0.444 e. The molecule has 0 aromatic rings. The number of unbranched alkanes of at least 4 members (excludes halogenated alkanes) is 1. The van der Waals surface area contributed by atoms with Crippen LogP contribution in [0, 0.1) is 0 Å². The third kappa shape index (κ3) is 10.6. The first-order chi connectivity index (χ1) is 13.9. The monoisotopic (exact) mass is 426 g/mol. The van der Waals surface area contributed by atoms with Crippen molar-refractivity contribution < 1.29 is 24.2 Å². The van der Waals surface area contributed by atoms with Crippen LogP contribution < -0.4 is 11.1 Å². The van der Waals surface area contributed by atoms with E-state index in [9.17, 15) is 19.5 Å². The normalized spacial score (nSPS) is 15.9. The first kappa shape index (κ1) is 25.9. The van der Waals surface area contributed by atoms with Crippen LogP contribution in [0.25, 0.3) is 0 Å². The van der Waals surface area contributed by atoms with Gasteiger partial charge in [-0.25, -0.2) is 4.79 Å². The Morgan fingerprint density at radius 1 is 1.30 bits per heavy atom. The van der Waals surface area contributed by atoms with Gasteiger partial charge in [0.2, 0.25) is 11.8 Å². The van der Waals surface area contributed by atoms with Gasteiger partial charge in [-0.15, -0.1) is 6.58 Å². The molecule has 0 spiro atoms. The van der Waals surface area contributed by atoms with Gasteiger partial charge < -0.3 is 25.8 Å². The van der Waals surface area contributed by atoms with Crippen molar-refractivity contribution in [3.8, 4) is 0 Å². The van der Waals surface area contributed by atoms with Crippen LogP contribution >= 0.6 is 0 Å². The summed E-state index contributed by atoms with van der Waals surface area (Å²) < 4.78 is 5.32. The fourth-order valence-corrected chi connectivity index (χ4v) is 3.13. The number of ether oxygens (including phenoxy) is 1. The van der Waals surface area contributed by atoms with Crippen molar-refractivity contribution in [2.24, 2.45) is 5.73 Å². The van der Waals surface area contributed by atoms with Crippen LogP contribution in [-0.4, -0.2) is 82.8 Å². The molecular formula is C21H38N4O5. The first-order valence-electron chi connectivity index (χ1n) is 10.5. The second-order valence-electron chi connectivity index (χ2n) is 8.89. The quantitative estimate of drug-likeness (QED) is 0.298. The third-order valence-electron chi connectivity index (χ3n) is 4.47. The van der Waals surface area contributed by atoms with Gasteiger partial charge >= 0.3 is 6.09 Å². The average Bonchev–Trinajstić information content (AvgIpc) is 3.41. The van der Waals surface area contributed by atoms with Gasteiger partial charge in [0, 0.05) is 19.1 Å². The van der Waals surface area contributed by atoms with Crippen LogP contribution in [0.15, 0.2) is 12.7 Å². The summed E-state index contributed by atoms with van der Waals surface area (Å²) in [5.74, 6) is -1.17. The van der Waals surface area contributed by atoms with Gasteiger partial charge in [-0.2, -0.15) is 0 Å². The van der Waals surface area contributed by atoms with E-state index in [4.69, 9.17) is 10.5 Å². The number of carbonyl (C=O) groups excluding carboxylic acids is 3. The molecule has 3 amide bonds. The van der Waals surface area contributed by atoms with E-state index < -0.39 is 35.7 Å². The largest absolute Gasteiger partial charge is 0.444 e. The molecule has 9 heteroatoms. The van der Waals surface area contributed by atoms with E-state index in [0.29, 0.717) is 6.04 Å². The Morgan fingerprint density at radius 3 is 2.40 bits per heavy atom. The lowest BCUT2D eigenvalue weighted by Crippen LogP contribution is -2.57. The van der Waals surface area contributed by atoms with Crippen LogP contribution in [0.2, 0.25) is 0 Å². The highest BCUT2D eigenvalue weighted by molar-refractivity contribution is 5.89. The number of hydrogen-bond acceptors (Lipinski definition) is 6. The van der Waals surface area contributed by atoms with Crippen molar-refractivity contribution in [2.45, 2.75) is 77.2 Å². The number of hydrogen-bond donors (Lipinski definition) is 3. The maximum atomic E-state index is 13.2. The van der Waals surface area contributed by atoms with Crippen LogP contribution in [-0.2, 0) is 14.3 Å². The highest BCUT2D eigenvalue weighted by atomic mass is 16.6. The predicted molar refractivity (Wildman–Crippen MR) is 115 cm³/mol. The SMILES string of the molecule is C=CCCCN(C[C@H](NC(=O)OC(C)(C)C)C(=O)N(CC(N)=O)C[C@@H](C)O)C1CC1. The molecule has 0 aromatic carbocycles. The number of aliphatic hydroxyl groups is 1. The maximum absolute atomic E-state index is 13.2. The zero-order valence-electron chi connectivity index (χ0n) is 18.7. The van der Waals surface area contributed by atoms with Gasteiger partial charge in [0.15, 0.2) is 0 Å². The third-order valence-corrected chi connectivity index (χ3v) is 4.47. The summed E-state index contributed by atoms with van der Waals surface area (Å²) >= 11 is 0. The van der Waals surface area contributed by atoms with Gasteiger partial charge in [0.1, 0.15) is 11.6 Å². The summed E-state index contributed by atoms with van der Waals surface area (Å²) in [7, 11) is 0. The Bertz CT molecular complexity index is 599. The second-order valence-corrected chi connectivity index (χ2v) is 8.89. The number of alkyl carbamates (subject to hydrolysis) is 1. The summed E-state index contributed by atoms with van der Waals surface area (Å²) in [4.78, 5) is 40.4. The molecular weight excluding hydrogens is 388 g/mol. The number of primary amides is 1. The maximum Gasteiger partial charge on any atom is 0.408 e. The molecule has 1 rings (SSSR count). The Morgan fingerprint density at radius 2 is 1.93 bits per heavy atom. The average molecular weight is 427 g/mol. The molecule has 30 heavy (non-hydrogen) atoms. The molecule has 1 aliphatic rings. The number of nitrogens with zero attached hydrogens (tertiary/aromatic N) is 2. The molecule has 0 aliphatic heterocycles. The molecule has 1 fully saturated rings. The molecule has 4 N–H and O–H groups in total. The fraction of sp³-hybridized carbons (Fsp3) is 0.762. The van der Waals surface area contributed by atoms with E-state index in [0.717, 1.165) is 32.2 Å². The van der Waals surface area contributed by atoms with E-state index in [1.54, 1.807) is 20.8 Å². The minimum atomic E-state index is -0.928. The van der Waals surface area contributed by atoms with Crippen LogP contribution in [0.3, 0.4) is 0 Å². The summed E-state index contributed by atoms with van der Waals surface area (Å²) in [5, 5.41) is 12.4. The first-order valence-corrected chi connectivity index (χ1v) is 10.5. The standard InChI is InChI=1S/C21H38N4O5/c1-6-7-8-11-24(16-9-10-16)13-17(23-20(29)30-21(3,4)5)19(28)25(12-15(2)26)14-18(22)27/h6,15-17,26H,1,7-14H2,2-5H3,(H2,22,27)(H,23,29)/t15-,17+/m1/s1. The van der Waals surface area contributed by atoms with Gasteiger partial charge in [-0.3, -0.25) is 14.5 Å². The van der Waals surface area contributed by atoms with E-state index in [-0.39, 0.29) is 19.6 Å². The molecule has 0 heterocycles. The number of aliphatic hydroxyl groups excluding tert-OH is 1. The van der Waals surface area contributed by atoms with Crippen LogP contribution in [0.5, 0.6) is 0 Å². The van der Waals surface area contributed by atoms with Crippen molar-refractivity contribution >= 4 is 17.9 Å². The summed E-state index contributed by atoms with van der Waals surface area (Å²) in [6, 6.07) is -0.561. The molecule has 0 unspecified atom stereocenters. The highest BCUT2D eigenvalue weighted by Crippen LogP contribution is 2.27. The molecule has 172 valence electrons. The minimum absolute atomic E-state index is 0.0613. The summed E-state index contributed by atoms with van der Waals surface area (Å²) in [6.07, 6.45) is 4.13. The van der Waals surface area contributed by atoms with Crippen molar-refractivity contribution in [3.63, 3.8) is 0 Å². The van der Waals surface area contributed by atoms with E-state index in [1.165, 1.54) is 11.8 Å². The molecule has 0 bridgehead atoms. The lowest BCUT2D eigenvalue weighted by atomic mass is 10.2. The molecule has 0 radical (unpaired) electrons. The summed E-state index contributed by atoms with van der Waals surface area (Å²) in [5.41, 5.74) is 4.57. The predicted octanol–water partition coefficient (Wildman–Crippen LogP) is 1.01. The number of nitrogens with two attached hydrogens (primary N) is 1. The van der Waals surface area contributed by atoms with Gasteiger partial charge in [-0.1, -0.05) is 6.08 Å². The number of rotatable bonds is 13. The van der Waals surface area contributed by atoms with Crippen LogP contribution in [0.1, 0.15) is 53.4 Å². The number of amides is 3. The Kier molecular flexibility index (Phi) is 10.3. The van der Waals surface area contributed by atoms with Crippen LogP contribution in [0.4, 0.5) is 4.79 Å². The van der Waals surface area contributed by atoms with Crippen molar-refractivity contribution in [1.82, 2.24) is 15.1 Å². The molecule has 9 nitrogen and oxygen atoms in total. The van der Waals surface area contributed by atoms with Gasteiger partial charge in [-0.05, 0) is 59.9 Å². The fourth-order valence-electron chi connectivity index (χ4n) is 3.13. The Labute approximate surface area is 179 Å². The zero-order valence-corrected chi connectivity index (χ0v) is 18.7. The lowest BCUT2D eigenvalue weighted by Gasteiger charge is -2.32. The smallest absolute Gasteiger partial charge is 0.408 e. The Balaban J connectivity index is 3.00. The van der Waals surface area contributed by atoms with Crippen molar-refractivity contribution in [2.75, 3.05) is 26.2 Å². The zero-order chi connectivity index (χ0) is 22.9. The van der Waals surface area contributed by atoms with E-state index >= 15 is 0 Å². The summed E-state index contributed by atoms with van der Waals surface area (Å²) in [6.45, 7) is 11.1. The molecule has 1 saturated carbocycles. The number of nitrogens with one attached hydrogen (secondary N) is 1. The van der Waals surface area contributed by atoms with Gasteiger partial charge in [0.25, 0.3) is 0 Å².